The summed E-state index contributed by atoms with van der Waals surface area (Å²) in [5.74, 6) is 1.39. The van der Waals surface area contributed by atoms with E-state index in [9.17, 15) is 14.9 Å². The number of anilines is 2. The van der Waals surface area contributed by atoms with Crippen molar-refractivity contribution in [2.24, 2.45) is 0 Å². The van der Waals surface area contributed by atoms with Crippen LogP contribution in [0.3, 0.4) is 0 Å². The summed E-state index contributed by atoms with van der Waals surface area (Å²) in [6.07, 6.45) is 0. The molecule has 13 heteroatoms. The predicted octanol–water partition coefficient (Wildman–Crippen LogP) is 7.04. The zero-order chi connectivity index (χ0) is 29.5. The molecular formula is C29H25N5O4S4. The number of nitrogens with one attached hydrogen (secondary N) is 2. The zero-order valence-corrected chi connectivity index (χ0v) is 25.9. The van der Waals surface area contributed by atoms with Crippen LogP contribution in [0.2, 0.25) is 0 Å². The molecule has 0 aliphatic rings. The van der Waals surface area contributed by atoms with Gasteiger partial charge in [0.15, 0.2) is 8.68 Å². The van der Waals surface area contributed by atoms with Gasteiger partial charge in [0.05, 0.1) is 56.4 Å². The van der Waals surface area contributed by atoms with Gasteiger partial charge in [0.25, 0.3) is 0 Å². The Labute approximate surface area is 258 Å². The van der Waals surface area contributed by atoms with Crippen molar-refractivity contribution < 1.29 is 19.1 Å². The Morgan fingerprint density at radius 1 is 0.810 bits per heavy atom. The number of hydrogen-bond acceptors (Lipinski definition) is 11. The normalized spacial score (nSPS) is 10.9. The maximum atomic E-state index is 12.6. The molecule has 214 valence electrons. The molecular weight excluding hydrogens is 611 g/mol. The number of carbonyl (C=O) groups excluding carboxylic acids is 2. The van der Waals surface area contributed by atoms with E-state index in [0.717, 1.165) is 40.6 Å². The Morgan fingerprint density at radius 2 is 1.36 bits per heavy atom. The smallest absolute Gasteiger partial charge is 0.234 e. The number of fused-ring (bicyclic) bond motifs is 2. The third kappa shape index (κ3) is 7.51. The molecule has 5 rings (SSSR count). The summed E-state index contributed by atoms with van der Waals surface area (Å²) in [5.41, 5.74) is 2.80. The van der Waals surface area contributed by atoms with Crippen LogP contribution in [0.1, 0.15) is 19.4 Å². The molecule has 0 aliphatic carbocycles. The Morgan fingerprint density at radius 3 is 1.88 bits per heavy atom. The molecule has 0 fully saturated rings. The van der Waals surface area contributed by atoms with Crippen LogP contribution in [0, 0.1) is 11.3 Å². The van der Waals surface area contributed by atoms with E-state index in [-0.39, 0.29) is 28.9 Å². The van der Waals surface area contributed by atoms with Crippen molar-refractivity contribution in [3.05, 3.63) is 60.2 Å². The molecule has 2 heterocycles. The fourth-order valence-corrected chi connectivity index (χ4v) is 7.66. The van der Waals surface area contributed by atoms with Gasteiger partial charge in [0.1, 0.15) is 17.6 Å². The summed E-state index contributed by atoms with van der Waals surface area (Å²) in [4.78, 5) is 34.4. The third-order valence-corrected chi connectivity index (χ3v) is 9.98. The van der Waals surface area contributed by atoms with Crippen LogP contribution in [0.25, 0.3) is 20.4 Å². The van der Waals surface area contributed by atoms with Crippen molar-refractivity contribution in [3.8, 4) is 17.6 Å². The number of carbonyl (C=O) groups is 2. The van der Waals surface area contributed by atoms with E-state index in [1.807, 2.05) is 50.2 Å². The van der Waals surface area contributed by atoms with Gasteiger partial charge in [-0.15, -0.1) is 22.7 Å². The molecule has 2 N–H and O–H groups in total. The summed E-state index contributed by atoms with van der Waals surface area (Å²) < 4.78 is 14.6. The van der Waals surface area contributed by atoms with Gasteiger partial charge in [-0.1, -0.05) is 23.5 Å². The number of thiazole rings is 2. The maximum absolute atomic E-state index is 12.6. The van der Waals surface area contributed by atoms with Crippen LogP contribution in [0.4, 0.5) is 11.4 Å². The molecule has 0 aliphatic heterocycles. The fourth-order valence-electron chi connectivity index (χ4n) is 3.87. The molecule has 0 atom stereocenters. The van der Waals surface area contributed by atoms with E-state index in [0.29, 0.717) is 24.6 Å². The minimum atomic E-state index is -0.261. The van der Waals surface area contributed by atoms with E-state index < -0.39 is 0 Å². The third-order valence-electron chi connectivity index (χ3n) is 5.65. The number of aromatic nitrogens is 2. The van der Waals surface area contributed by atoms with E-state index in [4.69, 9.17) is 9.47 Å². The SMILES string of the molecule is CCOc1ccc2nc(SCC(=O)Nc3ccc(NC(=O)CSc4nc5ccc(OCC)cc5s4)c(C#N)c3)sc2c1. The first-order chi connectivity index (χ1) is 20.4. The summed E-state index contributed by atoms with van der Waals surface area (Å²) in [6.45, 7) is 5.05. The number of nitrogens with zero attached hydrogens (tertiary/aromatic N) is 3. The number of amides is 2. The highest BCUT2D eigenvalue weighted by molar-refractivity contribution is 8.02. The topological polar surface area (TPSA) is 126 Å². The van der Waals surface area contributed by atoms with Gasteiger partial charge >= 0.3 is 0 Å². The first kappa shape index (κ1) is 29.7. The van der Waals surface area contributed by atoms with Crippen LogP contribution < -0.4 is 20.1 Å². The molecule has 2 amide bonds. The number of nitriles is 1. The summed E-state index contributed by atoms with van der Waals surface area (Å²) in [5, 5.41) is 15.3. The molecule has 9 nitrogen and oxygen atoms in total. The highest BCUT2D eigenvalue weighted by Gasteiger charge is 2.13. The molecule has 0 saturated heterocycles. The lowest BCUT2D eigenvalue weighted by Gasteiger charge is -2.09. The number of rotatable bonds is 12. The highest BCUT2D eigenvalue weighted by Crippen LogP contribution is 2.33. The largest absolute Gasteiger partial charge is 0.494 e. The van der Waals surface area contributed by atoms with E-state index >= 15 is 0 Å². The minimum absolute atomic E-state index is 0.136. The second-order valence-corrected chi connectivity index (χ2v) is 13.1. The van der Waals surface area contributed by atoms with Crippen molar-refractivity contribution in [2.45, 2.75) is 22.5 Å². The van der Waals surface area contributed by atoms with Crippen LogP contribution in [0.15, 0.2) is 63.3 Å². The van der Waals surface area contributed by atoms with Crippen molar-refractivity contribution in [2.75, 3.05) is 35.4 Å². The molecule has 0 spiro atoms. The van der Waals surface area contributed by atoms with E-state index in [1.165, 1.54) is 46.2 Å². The Bertz CT molecular complexity index is 1800. The van der Waals surface area contributed by atoms with Crippen LogP contribution >= 0.6 is 46.2 Å². The Hall–Kier alpha value is -3.83. The Kier molecular flexibility index (Phi) is 9.81. The van der Waals surface area contributed by atoms with Crippen molar-refractivity contribution in [3.63, 3.8) is 0 Å². The second kappa shape index (κ2) is 13.9. The maximum Gasteiger partial charge on any atom is 0.234 e. The van der Waals surface area contributed by atoms with Gasteiger partial charge in [-0.05, 0) is 68.4 Å². The first-order valence-corrected chi connectivity index (χ1v) is 16.5. The lowest BCUT2D eigenvalue weighted by Crippen LogP contribution is -2.16. The molecule has 2 aromatic heterocycles. The average molecular weight is 636 g/mol. The first-order valence-electron chi connectivity index (χ1n) is 12.9. The second-order valence-electron chi connectivity index (χ2n) is 8.63. The number of hydrogen-bond donors (Lipinski definition) is 2. The van der Waals surface area contributed by atoms with Gasteiger partial charge in [-0.2, -0.15) is 5.26 Å². The number of thioether (sulfide) groups is 2. The standard InChI is InChI=1S/C29H25N5O4S4/c1-3-37-19-6-9-22-24(12-19)41-28(33-22)39-15-26(35)31-18-5-8-21(17(11-18)14-30)32-27(36)16-40-29-34-23-10-7-20(38-4-2)13-25(23)42-29/h5-13H,3-4,15-16H2,1-2H3,(H,31,35)(H,32,36). The quantitative estimate of drug-likeness (QED) is 0.139. The van der Waals surface area contributed by atoms with Gasteiger partial charge < -0.3 is 20.1 Å². The summed E-state index contributed by atoms with van der Waals surface area (Å²) >= 11 is 5.67. The molecule has 42 heavy (non-hydrogen) atoms. The molecule has 5 aromatic rings. The van der Waals surface area contributed by atoms with E-state index in [1.54, 1.807) is 18.2 Å². The summed E-state index contributed by atoms with van der Waals surface area (Å²) in [6, 6.07) is 18.4. The van der Waals surface area contributed by atoms with Gasteiger partial charge in [-0.3, -0.25) is 9.59 Å². The van der Waals surface area contributed by atoms with Gasteiger partial charge in [-0.25, -0.2) is 9.97 Å². The van der Waals surface area contributed by atoms with Crippen molar-refractivity contribution >= 4 is 89.8 Å². The lowest BCUT2D eigenvalue weighted by atomic mass is 10.1. The molecule has 0 saturated carbocycles. The Balaban J connectivity index is 1.13. The van der Waals surface area contributed by atoms with Crippen LogP contribution in [-0.2, 0) is 9.59 Å². The predicted molar refractivity (Wildman–Crippen MR) is 171 cm³/mol. The monoisotopic (exact) mass is 635 g/mol. The average Bonchev–Trinajstić information content (AvgIpc) is 3.59. The van der Waals surface area contributed by atoms with Gasteiger partial charge in [0, 0.05) is 5.69 Å². The lowest BCUT2D eigenvalue weighted by molar-refractivity contribution is -0.114. The molecule has 0 radical (unpaired) electrons. The van der Waals surface area contributed by atoms with Crippen LogP contribution in [0.5, 0.6) is 11.5 Å². The number of ether oxygens (including phenoxy) is 2. The minimum Gasteiger partial charge on any atom is -0.494 e. The summed E-state index contributed by atoms with van der Waals surface area (Å²) in [7, 11) is 0. The number of benzene rings is 3. The zero-order valence-electron chi connectivity index (χ0n) is 22.6. The van der Waals surface area contributed by atoms with Crippen molar-refractivity contribution in [1.82, 2.24) is 9.97 Å². The van der Waals surface area contributed by atoms with Gasteiger partial charge in [0.2, 0.25) is 11.8 Å². The fraction of sp³-hybridized carbons (Fsp3) is 0.207. The molecule has 0 bridgehead atoms. The van der Waals surface area contributed by atoms with Crippen molar-refractivity contribution in [1.29, 1.82) is 5.26 Å². The molecule has 0 unspecified atom stereocenters. The van der Waals surface area contributed by atoms with Crippen LogP contribution in [-0.4, -0.2) is 46.5 Å². The highest BCUT2D eigenvalue weighted by atomic mass is 32.2. The van der Waals surface area contributed by atoms with E-state index in [2.05, 4.69) is 26.7 Å². The molecule has 3 aromatic carbocycles.